The first-order valence-electron chi connectivity index (χ1n) is 6.07. The van der Waals surface area contributed by atoms with Crippen LogP contribution in [0.2, 0.25) is 10.0 Å². The topological polar surface area (TPSA) is 68.9 Å². The van der Waals surface area contributed by atoms with Gasteiger partial charge in [-0.1, -0.05) is 35.3 Å². The number of nitrogens with two attached hydrogens (primary N) is 1. The monoisotopic (exact) mass is 317 g/mol. The largest absolute Gasteiger partial charge is 0.366 e. The van der Waals surface area contributed by atoms with Crippen LogP contribution in [0.5, 0.6) is 0 Å². The molecule has 0 unspecified atom stereocenters. The van der Waals surface area contributed by atoms with Crippen LogP contribution in [0, 0.1) is 0 Å². The van der Waals surface area contributed by atoms with Crippen molar-refractivity contribution in [2.45, 2.75) is 0 Å². The Morgan fingerprint density at radius 1 is 1.10 bits per heavy atom. The molecule has 0 saturated heterocycles. The molecular formula is C15H9Cl2N3O. The van der Waals surface area contributed by atoms with Gasteiger partial charge in [-0.25, -0.2) is 4.98 Å². The molecule has 0 radical (unpaired) electrons. The molecule has 6 heteroatoms. The molecule has 1 amide bonds. The van der Waals surface area contributed by atoms with E-state index in [-0.39, 0.29) is 0 Å². The molecule has 3 rings (SSSR count). The van der Waals surface area contributed by atoms with E-state index in [0.29, 0.717) is 32.3 Å². The molecule has 0 fully saturated rings. The van der Waals surface area contributed by atoms with Crippen molar-refractivity contribution in [3.05, 3.63) is 58.2 Å². The third-order valence-electron chi connectivity index (χ3n) is 3.05. The Hall–Kier alpha value is -2.17. The van der Waals surface area contributed by atoms with Crippen LogP contribution in [0.4, 0.5) is 0 Å². The quantitative estimate of drug-likeness (QED) is 0.783. The number of halogens is 2. The molecule has 2 N–H and O–H groups in total. The molecule has 2 aromatic carbocycles. The zero-order valence-electron chi connectivity index (χ0n) is 10.7. The van der Waals surface area contributed by atoms with Gasteiger partial charge in [-0.2, -0.15) is 0 Å². The van der Waals surface area contributed by atoms with Gasteiger partial charge in [0, 0.05) is 5.56 Å². The third-order valence-corrected chi connectivity index (χ3v) is 3.79. The van der Waals surface area contributed by atoms with Gasteiger partial charge in [-0.3, -0.25) is 9.78 Å². The Morgan fingerprint density at radius 2 is 1.90 bits per heavy atom. The minimum absolute atomic E-state index is 0.335. The smallest absolute Gasteiger partial charge is 0.250 e. The van der Waals surface area contributed by atoms with Gasteiger partial charge in [-0.05, 0) is 24.3 Å². The van der Waals surface area contributed by atoms with Crippen molar-refractivity contribution in [1.82, 2.24) is 9.97 Å². The second kappa shape index (κ2) is 5.31. The second-order valence-corrected chi connectivity index (χ2v) is 5.24. The second-order valence-electron chi connectivity index (χ2n) is 4.42. The average molecular weight is 318 g/mol. The molecule has 0 aliphatic rings. The van der Waals surface area contributed by atoms with Gasteiger partial charge in [0.15, 0.2) is 0 Å². The van der Waals surface area contributed by atoms with Crippen LogP contribution in [0.3, 0.4) is 0 Å². The summed E-state index contributed by atoms with van der Waals surface area (Å²) >= 11 is 11.9. The third kappa shape index (κ3) is 2.55. The SMILES string of the molecule is NC(=O)c1cccc2ncc(-c3ccc(Cl)c(Cl)c3)nc12. The highest BCUT2D eigenvalue weighted by Crippen LogP contribution is 2.28. The summed E-state index contributed by atoms with van der Waals surface area (Å²) < 4.78 is 0. The fourth-order valence-electron chi connectivity index (χ4n) is 2.03. The lowest BCUT2D eigenvalue weighted by Crippen LogP contribution is -2.12. The standard InChI is InChI=1S/C15H9Cl2N3O/c16-10-5-4-8(6-11(10)17)13-7-19-12-3-1-2-9(15(18)21)14(12)20-13/h1-7H,(H2,18,21). The highest BCUT2D eigenvalue weighted by atomic mass is 35.5. The zero-order valence-corrected chi connectivity index (χ0v) is 12.2. The summed E-state index contributed by atoms with van der Waals surface area (Å²) in [5, 5.41) is 0.895. The van der Waals surface area contributed by atoms with Crippen molar-refractivity contribution in [1.29, 1.82) is 0 Å². The Kier molecular flexibility index (Phi) is 3.49. The summed E-state index contributed by atoms with van der Waals surface area (Å²) in [5.41, 5.74) is 8.13. The number of hydrogen-bond donors (Lipinski definition) is 1. The molecular weight excluding hydrogens is 309 g/mol. The van der Waals surface area contributed by atoms with Crippen molar-refractivity contribution in [2.75, 3.05) is 0 Å². The molecule has 0 aliphatic heterocycles. The summed E-state index contributed by atoms with van der Waals surface area (Å²) in [6.07, 6.45) is 1.62. The maximum absolute atomic E-state index is 11.5. The summed E-state index contributed by atoms with van der Waals surface area (Å²) in [6.45, 7) is 0. The fourth-order valence-corrected chi connectivity index (χ4v) is 2.32. The van der Waals surface area contributed by atoms with Gasteiger partial charge in [0.2, 0.25) is 0 Å². The number of fused-ring (bicyclic) bond motifs is 1. The van der Waals surface area contributed by atoms with E-state index in [1.54, 1.807) is 42.6 Å². The summed E-state index contributed by atoms with van der Waals surface area (Å²) in [7, 11) is 0. The van der Waals surface area contributed by atoms with Crippen molar-refractivity contribution in [2.24, 2.45) is 5.73 Å². The van der Waals surface area contributed by atoms with E-state index in [4.69, 9.17) is 28.9 Å². The van der Waals surface area contributed by atoms with Crippen LogP contribution in [0.15, 0.2) is 42.6 Å². The number of carbonyl (C=O) groups is 1. The molecule has 104 valence electrons. The molecule has 4 nitrogen and oxygen atoms in total. The molecule has 0 atom stereocenters. The average Bonchev–Trinajstić information content (AvgIpc) is 2.48. The number of aromatic nitrogens is 2. The number of para-hydroxylation sites is 1. The van der Waals surface area contributed by atoms with Crippen LogP contribution in [-0.2, 0) is 0 Å². The Bertz CT molecular complexity index is 865. The van der Waals surface area contributed by atoms with E-state index in [1.807, 2.05) is 0 Å². The maximum atomic E-state index is 11.5. The first kappa shape index (κ1) is 13.8. The first-order chi connectivity index (χ1) is 10.1. The Morgan fingerprint density at radius 3 is 2.62 bits per heavy atom. The fraction of sp³-hybridized carbons (Fsp3) is 0. The predicted octanol–water partition coefficient (Wildman–Crippen LogP) is 3.70. The van der Waals surface area contributed by atoms with E-state index >= 15 is 0 Å². The van der Waals surface area contributed by atoms with Crippen LogP contribution in [-0.4, -0.2) is 15.9 Å². The molecule has 0 bridgehead atoms. The molecule has 21 heavy (non-hydrogen) atoms. The van der Waals surface area contributed by atoms with Crippen LogP contribution in [0.25, 0.3) is 22.3 Å². The minimum Gasteiger partial charge on any atom is -0.366 e. The number of primary amides is 1. The summed E-state index contributed by atoms with van der Waals surface area (Å²) in [5.74, 6) is -0.541. The van der Waals surface area contributed by atoms with Gasteiger partial charge < -0.3 is 5.73 Å². The molecule has 3 aromatic rings. The number of nitrogens with zero attached hydrogens (tertiary/aromatic N) is 2. The summed E-state index contributed by atoms with van der Waals surface area (Å²) in [4.78, 5) is 20.3. The van der Waals surface area contributed by atoms with Crippen LogP contribution < -0.4 is 5.73 Å². The van der Waals surface area contributed by atoms with Crippen molar-refractivity contribution in [3.63, 3.8) is 0 Å². The molecule has 0 aliphatic carbocycles. The molecule has 1 heterocycles. The van der Waals surface area contributed by atoms with Gasteiger partial charge in [0.25, 0.3) is 5.91 Å². The van der Waals surface area contributed by atoms with Crippen LogP contribution in [0.1, 0.15) is 10.4 Å². The van der Waals surface area contributed by atoms with Gasteiger partial charge >= 0.3 is 0 Å². The maximum Gasteiger partial charge on any atom is 0.250 e. The lowest BCUT2D eigenvalue weighted by Gasteiger charge is -2.06. The van der Waals surface area contributed by atoms with Crippen LogP contribution >= 0.6 is 23.2 Å². The Labute approximate surface area is 130 Å². The minimum atomic E-state index is -0.541. The number of amides is 1. The van der Waals surface area contributed by atoms with Crippen molar-refractivity contribution >= 4 is 40.1 Å². The van der Waals surface area contributed by atoms with Gasteiger partial charge in [0.05, 0.1) is 33.0 Å². The number of rotatable bonds is 2. The number of benzene rings is 2. The molecule has 0 saturated carbocycles. The zero-order chi connectivity index (χ0) is 15.0. The number of hydrogen-bond acceptors (Lipinski definition) is 3. The summed E-state index contributed by atoms with van der Waals surface area (Å²) in [6, 6.07) is 10.3. The van der Waals surface area contributed by atoms with E-state index < -0.39 is 5.91 Å². The predicted molar refractivity (Wildman–Crippen MR) is 83.5 cm³/mol. The van der Waals surface area contributed by atoms with Gasteiger partial charge in [0.1, 0.15) is 5.52 Å². The van der Waals surface area contributed by atoms with Crippen molar-refractivity contribution in [3.8, 4) is 11.3 Å². The lowest BCUT2D eigenvalue weighted by atomic mass is 10.1. The van der Waals surface area contributed by atoms with E-state index in [9.17, 15) is 4.79 Å². The number of carbonyl (C=O) groups excluding carboxylic acids is 1. The normalized spacial score (nSPS) is 10.8. The lowest BCUT2D eigenvalue weighted by molar-refractivity contribution is 0.100. The van der Waals surface area contributed by atoms with E-state index in [0.717, 1.165) is 5.56 Å². The van der Waals surface area contributed by atoms with Crippen molar-refractivity contribution < 1.29 is 4.79 Å². The highest BCUT2D eigenvalue weighted by Gasteiger charge is 2.11. The van der Waals surface area contributed by atoms with E-state index in [1.165, 1.54) is 0 Å². The Balaban J connectivity index is 2.22. The molecule has 1 aromatic heterocycles. The molecule has 0 spiro atoms. The van der Waals surface area contributed by atoms with E-state index in [2.05, 4.69) is 9.97 Å². The first-order valence-corrected chi connectivity index (χ1v) is 6.83. The van der Waals surface area contributed by atoms with Gasteiger partial charge in [-0.15, -0.1) is 0 Å². The highest BCUT2D eigenvalue weighted by molar-refractivity contribution is 6.42.